The van der Waals surface area contributed by atoms with Crippen LogP contribution in [0.25, 0.3) is 0 Å². The van der Waals surface area contributed by atoms with Crippen molar-refractivity contribution < 1.29 is 18.3 Å². The van der Waals surface area contributed by atoms with Crippen LogP contribution in [-0.2, 0) is 13.2 Å². The Kier molecular flexibility index (Phi) is 6.25. The highest BCUT2D eigenvalue weighted by atomic mass is 35.5. The molecule has 0 unspecified atom stereocenters. The summed E-state index contributed by atoms with van der Waals surface area (Å²) >= 11 is 12.1. The number of nitrogens with zero attached hydrogens (tertiary/aromatic N) is 2. The number of nitrogens with one attached hydrogen (secondary N) is 1. The van der Waals surface area contributed by atoms with Crippen LogP contribution in [0.1, 0.15) is 21.9 Å². The highest BCUT2D eigenvalue weighted by Gasteiger charge is 2.14. The van der Waals surface area contributed by atoms with E-state index in [2.05, 4.69) is 10.4 Å². The molecule has 0 aliphatic carbocycles. The number of furan rings is 1. The highest BCUT2D eigenvalue weighted by molar-refractivity contribution is 6.32. The molecular formula is C22H16Cl2FN3O3. The molecule has 2 aromatic carbocycles. The van der Waals surface area contributed by atoms with Gasteiger partial charge in [-0.2, -0.15) is 5.10 Å². The summed E-state index contributed by atoms with van der Waals surface area (Å²) in [5.74, 6) is 0.484. The Labute approximate surface area is 187 Å². The van der Waals surface area contributed by atoms with Crippen LogP contribution in [0.15, 0.2) is 71.3 Å². The Morgan fingerprint density at radius 3 is 2.68 bits per heavy atom. The lowest BCUT2D eigenvalue weighted by Crippen LogP contribution is -2.12. The molecule has 0 spiro atoms. The first-order chi connectivity index (χ1) is 15.0. The van der Waals surface area contributed by atoms with Crippen molar-refractivity contribution in [3.63, 3.8) is 0 Å². The maximum Gasteiger partial charge on any atom is 0.292 e. The van der Waals surface area contributed by atoms with Crippen LogP contribution in [0.5, 0.6) is 5.75 Å². The second-order valence-corrected chi connectivity index (χ2v) is 7.35. The van der Waals surface area contributed by atoms with Gasteiger partial charge in [0.05, 0.1) is 11.6 Å². The second-order valence-electron chi connectivity index (χ2n) is 6.54. The van der Waals surface area contributed by atoms with Gasteiger partial charge >= 0.3 is 0 Å². The smallest absolute Gasteiger partial charge is 0.292 e. The highest BCUT2D eigenvalue weighted by Crippen LogP contribution is 2.24. The van der Waals surface area contributed by atoms with E-state index in [4.69, 9.17) is 32.4 Å². The molecule has 0 aliphatic heterocycles. The van der Waals surface area contributed by atoms with Gasteiger partial charge in [-0.25, -0.2) is 4.39 Å². The van der Waals surface area contributed by atoms with Gasteiger partial charge in [0.15, 0.2) is 11.6 Å². The summed E-state index contributed by atoms with van der Waals surface area (Å²) in [5.41, 5.74) is 0.319. The van der Waals surface area contributed by atoms with Crippen LogP contribution in [0.3, 0.4) is 0 Å². The SMILES string of the molecule is O=C(Nc1ccn(Cc2c(F)cccc2Cl)n1)c1ccc(COc2ccccc2Cl)o1. The Hall–Kier alpha value is -3.29. The van der Waals surface area contributed by atoms with E-state index in [1.807, 2.05) is 6.07 Å². The van der Waals surface area contributed by atoms with Crippen LogP contribution in [0.2, 0.25) is 10.0 Å². The van der Waals surface area contributed by atoms with Gasteiger partial charge in [-0.15, -0.1) is 0 Å². The molecular weight excluding hydrogens is 444 g/mol. The van der Waals surface area contributed by atoms with E-state index in [9.17, 15) is 9.18 Å². The van der Waals surface area contributed by atoms with E-state index in [0.717, 1.165) is 0 Å². The lowest BCUT2D eigenvalue weighted by molar-refractivity contribution is 0.0992. The average molecular weight is 460 g/mol. The van der Waals surface area contributed by atoms with Crippen molar-refractivity contribution in [2.45, 2.75) is 13.2 Å². The molecule has 4 rings (SSSR count). The van der Waals surface area contributed by atoms with Gasteiger partial charge in [-0.1, -0.05) is 41.4 Å². The quantitative estimate of drug-likeness (QED) is 0.379. The molecule has 0 bridgehead atoms. The summed E-state index contributed by atoms with van der Waals surface area (Å²) < 4.78 is 26.6. The van der Waals surface area contributed by atoms with E-state index >= 15 is 0 Å². The zero-order valence-corrected chi connectivity index (χ0v) is 17.5. The third kappa shape index (κ3) is 5.07. The van der Waals surface area contributed by atoms with Gasteiger partial charge in [0.2, 0.25) is 0 Å². The van der Waals surface area contributed by atoms with Crippen LogP contribution in [0.4, 0.5) is 10.2 Å². The largest absolute Gasteiger partial charge is 0.484 e. The monoisotopic (exact) mass is 459 g/mol. The molecule has 0 saturated heterocycles. The van der Waals surface area contributed by atoms with Crippen molar-refractivity contribution >= 4 is 34.9 Å². The molecule has 0 atom stereocenters. The number of amides is 1. The summed E-state index contributed by atoms with van der Waals surface area (Å²) in [6.07, 6.45) is 1.61. The van der Waals surface area contributed by atoms with Crippen LogP contribution < -0.4 is 10.1 Å². The molecule has 31 heavy (non-hydrogen) atoms. The van der Waals surface area contributed by atoms with E-state index in [-0.39, 0.29) is 18.9 Å². The predicted molar refractivity (Wildman–Crippen MR) is 115 cm³/mol. The third-order valence-corrected chi connectivity index (χ3v) is 5.02. The Morgan fingerprint density at radius 1 is 1.06 bits per heavy atom. The molecule has 9 heteroatoms. The molecule has 0 aliphatic rings. The fraction of sp³-hybridized carbons (Fsp3) is 0.0909. The van der Waals surface area contributed by atoms with Gasteiger partial charge in [0.1, 0.15) is 23.9 Å². The molecule has 2 aromatic heterocycles. The van der Waals surface area contributed by atoms with Gasteiger partial charge < -0.3 is 14.5 Å². The van der Waals surface area contributed by atoms with Gasteiger partial charge in [-0.3, -0.25) is 9.48 Å². The molecule has 1 amide bonds. The Balaban J connectivity index is 1.36. The van der Waals surface area contributed by atoms with Crippen molar-refractivity contribution in [1.29, 1.82) is 0 Å². The fourth-order valence-corrected chi connectivity index (χ4v) is 3.24. The lowest BCUT2D eigenvalue weighted by Gasteiger charge is -2.06. The fourth-order valence-electron chi connectivity index (χ4n) is 2.83. The van der Waals surface area contributed by atoms with E-state index in [0.29, 0.717) is 32.9 Å². The van der Waals surface area contributed by atoms with Crippen molar-refractivity contribution in [2.75, 3.05) is 5.32 Å². The first kappa shape index (κ1) is 21.0. The minimum absolute atomic E-state index is 0.101. The van der Waals surface area contributed by atoms with E-state index < -0.39 is 11.7 Å². The summed E-state index contributed by atoms with van der Waals surface area (Å²) in [6.45, 7) is 0.251. The van der Waals surface area contributed by atoms with Gasteiger partial charge in [0.25, 0.3) is 5.91 Å². The number of aromatic nitrogens is 2. The molecule has 0 radical (unpaired) electrons. The van der Waals surface area contributed by atoms with E-state index in [1.165, 1.54) is 22.9 Å². The minimum Gasteiger partial charge on any atom is -0.484 e. The Morgan fingerprint density at radius 2 is 1.87 bits per heavy atom. The summed E-state index contributed by atoms with van der Waals surface area (Å²) in [6, 6.07) is 16.3. The molecule has 1 N–H and O–H groups in total. The van der Waals surface area contributed by atoms with Crippen LogP contribution in [0, 0.1) is 5.82 Å². The maximum atomic E-state index is 13.9. The van der Waals surface area contributed by atoms with Gasteiger partial charge in [-0.05, 0) is 36.4 Å². The molecule has 2 heterocycles. The second kappa shape index (κ2) is 9.24. The topological polar surface area (TPSA) is 69.3 Å². The molecule has 6 nitrogen and oxygen atoms in total. The van der Waals surface area contributed by atoms with Crippen molar-refractivity contribution in [1.82, 2.24) is 9.78 Å². The maximum absolute atomic E-state index is 13.9. The number of carbonyl (C=O) groups excluding carboxylic acids is 1. The number of halogens is 3. The molecule has 0 saturated carbocycles. The van der Waals surface area contributed by atoms with Crippen molar-refractivity contribution in [3.05, 3.63) is 99.8 Å². The van der Waals surface area contributed by atoms with Crippen molar-refractivity contribution in [3.8, 4) is 5.75 Å². The number of hydrogen-bond donors (Lipinski definition) is 1. The molecule has 158 valence electrons. The number of hydrogen-bond acceptors (Lipinski definition) is 4. The first-order valence-electron chi connectivity index (χ1n) is 9.23. The van der Waals surface area contributed by atoms with Crippen molar-refractivity contribution in [2.24, 2.45) is 0 Å². The number of benzene rings is 2. The zero-order chi connectivity index (χ0) is 21.8. The van der Waals surface area contributed by atoms with Crippen LogP contribution >= 0.6 is 23.2 Å². The number of anilines is 1. The first-order valence-corrected chi connectivity index (χ1v) is 9.99. The number of ether oxygens (including phenoxy) is 1. The van der Waals surface area contributed by atoms with Crippen LogP contribution in [-0.4, -0.2) is 15.7 Å². The lowest BCUT2D eigenvalue weighted by atomic mass is 10.2. The number of para-hydroxylation sites is 1. The average Bonchev–Trinajstić information content (AvgIpc) is 3.40. The summed E-state index contributed by atoms with van der Waals surface area (Å²) in [7, 11) is 0. The summed E-state index contributed by atoms with van der Waals surface area (Å²) in [5, 5.41) is 7.65. The minimum atomic E-state index is -0.474. The normalized spacial score (nSPS) is 10.8. The summed E-state index contributed by atoms with van der Waals surface area (Å²) in [4.78, 5) is 12.4. The predicted octanol–water partition coefficient (Wildman–Crippen LogP) is 5.80. The number of carbonyl (C=O) groups is 1. The number of rotatable bonds is 7. The molecule has 4 aromatic rings. The molecule has 0 fully saturated rings. The van der Waals surface area contributed by atoms with E-state index in [1.54, 1.807) is 42.6 Å². The van der Waals surface area contributed by atoms with Gasteiger partial charge in [0, 0.05) is 22.8 Å². The standard InChI is InChI=1S/C22H16Cl2FN3O3/c23-16-5-3-6-18(25)15(16)12-28-11-10-21(27-28)26-22(29)20-9-8-14(31-20)13-30-19-7-2-1-4-17(19)24/h1-11H,12-13H2,(H,26,27,29). The Bertz CT molecular complexity index is 1200. The zero-order valence-electron chi connectivity index (χ0n) is 16.0. The third-order valence-electron chi connectivity index (χ3n) is 4.36.